The molecule has 0 spiro atoms. The largest absolute Gasteiger partial charge is 0.289 e. The van der Waals surface area contributed by atoms with Gasteiger partial charge in [0.2, 0.25) is 0 Å². The van der Waals surface area contributed by atoms with Crippen molar-refractivity contribution in [3.05, 3.63) is 47.5 Å². The molecule has 0 N–H and O–H groups in total. The van der Waals surface area contributed by atoms with E-state index in [-0.39, 0.29) is 11.1 Å². The zero-order valence-electron chi connectivity index (χ0n) is 7.10. The van der Waals surface area contributed by atoms with E-state index in [1.54, 1.807) is 0 Å². The zero-order chi connectivity index (χ0) is 10.0. The normalized spacial score (nSPS) is 9.77. The number of benzene rings is 1. The fourth-order valence-electron chi connectivity index (χ4n) is 0.956. The first-order valence-electron chi connectivity index (χ1n) is 3.68. The van der Waals surface area contributed by atoms with Crippen LogP contribution in [0.2, 0.25) is 0 Å². The van der Waals surface area contributed by atoms with Crippen molar-refractivity contribution in [3.8, 4) is 0 Å². The number of carbonyl (C=O) groups excluding carboxylic acids is 1. The summed E-state index contributed by atoms with van der Waals surface area (Å²) in [6.07, 6.45) is 0.996. The van der Waals surface area contributed by atoms with Crippen LogP contribution in [-0.4, -0.2) is 5.78 Å². The molecule has 3 heteroatoms. The summed E-state index contributed by atoms with van der Waals surface area (Å²) in [5.41, 5.74) is 0.0977. The van der Waals surface area contributed by atoms with E-state index in [0.29, 0.717) is 6.07 Å². The molecule has 13 heavy (non-hydrogen) atoms. The molecular formula is C10H8F2O. The number of ketones is 1. The first-order valence-corrected chi connectivity index (χ1v) is 3.68. The Hall–Kier alpha value is -1.51. The lowest BCUT2D eigenvalue weighted by Crippen LogP contribution is -2.00. The predicted molar refractivity (Wildman–Crippen MR) is 45.6 cm³/mol. The summed E-state index contributed by atoms with van der Waals surface area (Å²) in [7, 11) is 0. The number of aryl methyl sites for hydroxylation is 1. The SMILES string of the molecule is C=CC(=O)c1cc(C)c(F)cc1F. The lowest BCUT2D eigenvalue weighted by molar-refractivity contribution is 0.104. The Morgan fingerprint density at radius 2 is 2.00 bits per heavy atom. The van der Waals surface area contributed by atoms with Crippen molar-refractivity contribution in [2.24, 2.45) is 0 Å². The van der Waals surface area contributed by atoms with Crippen LogP contribution in [-0.2, 0) is 0 Å². The van der Waals surface area contributed by atoms with Gasteiger partial charge in [0.25, 0.3) is 0 Å². The molecule has 0 aromatic heterocycles. The van der Waals surface area contributed by atoms with Crippen LogP contribution < -0.4 is 0 Å². The number of hydrogen-bond donors (Lipinski definition) is 0. The Morgan fingerprint density at radius 1 is 1.38 bits per heavy atom. The molecule has 0 atom stereocenters. The maximum atomic E-state index is 13.0. The zero-order valence-corrected chi connectivity index (χ0v) is 7.10. The average molecular weight is 182 g/mol. The van der Waals surface area contributed by atoms with Crippen molar-refractivity contribution in [2.45, 2.75) is 6.92 Å². The van der Waals surface area contributed by atoms with E-state index < -0.39 is 17.4 Å². The third-order valence-corrected chi connectivity index (χ3v) is 1.70. The molecule has 0 heterocycles. The van der Waals surface area contributed by atoms with Gasteiger partial charge in [-0.15, -0.1) is 0 Å². The Kier molecular flexibility index (Phi) is 2.56. The maximum absolute atomic E-state index is 13.0. The van der Waals surface area contributed by atoms with Gasteiger partial charge in [0.05, 0.1) is 5.56 Å². The van der Waals surface area contributed by atoms with Crippen molar-refractivity contribution < 1.29 is 13.6 Å². The van der Waals surface area contributed by atoms with Gasteiger partial charge >= 0.3 is 0 Å². The van der Waals surface area contributed by atoms with Crippen molar-refractivity contribution >= 4 is 5.78 Å². The monoisotopic (exact) mass is 182 g/mol. The van der Waals surface area contributed by atoms with Crippen LogP contribution in [0.25, 0.3) is 0 Å². The Balaban J connectivity index is 3.31. The summed E-state index contributed by atoms with van der Waals surface area (Å²) in [4.78, 5) is 11.0. The Morgan fingerprint density at radius 3 is 2.54 bits per heavy atom. The van der Waals surface area contributed by atoms with Crippen LogP contribution in [0.5, 0.6) is 0 Å². The topological polar surface area (TPSA) is 17.1 Å². The quantitative estimate of drug-likeness (QED) is 0.507. The molecule has 1 aromatic rings. The molecule has 0 unspecified atom stereocenters. The molecule has 0 bridgehead atoms. The maximum Gasteiger partial charge on any atom is 0.188 e. The van der Waals surface area contributed by atoms with E-state index in [4.69, 9.17) is 0 Å². The standard InChI is InChI=1S/C10H8F2O/c1-3-10(13)7-4-6(2)8(11)5-9(7)12/h3-5H,1H2,2H3. The lowest BCUT2D eigenvalue weighted by Gasteiger charge is -2.01. The van der Waals surface area contributed by atoms with Gasteiger partial charge < -0.3 is 0 Å². The molecule has 68 valence electrons. The smallest absolute Gasteiger partial charge is 0.188 e. The molecule has 0 saturated carbocycles. The van der Waals surface area contributed by atoms with Gasteiger partial charge in [-0.3, -0.25) is 4.79 Å². The first kappa shape index (κ1) is 9.58. The highest BCUT2D eigenvalue weighted by atomic mass is 19.1. The molecule has 1 aromatic carbocycles. The highest BCUT2D eigenvalue weighted by molar-refractivity contribution is 6.04. The summed E-state index contributed by atoms with van der Waals surface area (Å²) >= 11 is 0. The van der Waals surface area contributed by atoms with Gasteiger partial charge in [-0.25, -0.2) is 8.78 Å². The summed E-state index contributed by atoms with van der Waals surface area (Å²) in [5, 5.41) is 0. The third kappa shape index (κ3) is 1.80. The second-order valence-corrected chi connectivity index (χ2v) is 2.65. The van der Waals surface area contributed by atoms with Crippen LogP contribution in [0.4, 0.5) is 8.78 Å². The first-order chi connectivity index (χ1) is 6.06. The highest BCUT2D eigenvalue weighted by Crippen LogP contribution is 2.14. The molecular weight excluding hydrogens is 174 g/mol. The number of allylic oxidation sites excluding steroid dienone is 1. The van der Waals surface area contributed by atoms with E-state index in [2.05, 4.69) is 6.58 Å². The molecule has 1 rings (SSSR count). The second kappa shape index (κ2) is 3.47. The average Bonchev–Trinajstić information content (AvgIpc) is 2.10. The van der Waals surface area contributed by atoms with Crippen LogP contribution in [0.3, 0.4) is 0 Å². The van der Waals surface area contributed by atoms with Crippen molar-refractivity contribution in [2.75, 3.05) is 0 Å². The Bertz CT molecular complexity index is 369. The van der Waals surface area contributed by atoms with Crippen LogP contribution >= 0.6 is 0 Å². The predicted octanol–water partition coefficient (Wildman–Crippen LogP) is 2.64. The summed E-state index contributed by atoms with van der Waals surface area (Å²) in [6.45, 7) is 4.69. The highest BCUT2D eigenvalue weighted by Gasteiger charge is 2.11. The molecule has 0 aliphatic heterocycles. The molecule has 0 fully saturated rings. The van der Waals surface area contributed by atoms with Gasteiger partial charge in [-0.05, 0) is 24.6 Å². The number of carbonyl (C=O) groups is 1. The molecule has 0 aliphatic carbocycles. The molecule has 0 saturated heterocycles. The van der Waals surface area contributed by atoms with E-state index in [1.165, 1.54) is 13.0 Å². The molecule has 1 nitrogen and oxygen atoms in total. The summed E-state index contributed by atoms with van der Waals surface area (Å²) < 4.78 is 25.7. The fourth-order valence-corrected chi connectivity index (χ4v) is 0.956. The minimum absolute atomic E-state index is 0.145. The molecule has 0 amide bonds. The van der Waals surface area contributed by atoms with E-state index in [1.807, 2.05) is 0 Å². The van der Waals surface area contributed by atoms with Crippen molar-refractivity contribution in [3.63, 3.8) is 0 Å². The summed E-state index contributed by atoms with van der Waals surface area (Å²) in [5.74, 6) is -2.05. The molecule has 0 aliphatic rings. The minimum Gasteiger partial charge on any atom is -0.289 e. The van der Waals surface area contributed by atoms with Crippen LogP contribution in [0.15, 0.2) is 24.8 Å². The van der Waals surface area contributed by atoms with E-state index >= 15 is 0 Å². The third-order valence-electron chi connectivity index (χ3n) is 1.70. The minimum atomic E-state index is -0.854. The number of rotatable bonds is 2. The van der Waals surface area contributed by atoms with Gasteiger partial charge in [0.1, 0.15) is 11.6 Å². The molecule has 0 radical (unpaired) electrons. The van der Waals surface area contributed by atoms with E-state index in [9.17, 15) is 13.6 Å². The second-order valence-electron chi connectivity index (χ2n) is 2.65. The van der Waals surface area contributed by atoms with Gasteiger partial charge in [-0.2, -0.15) is 0 Å². The van der Waals surface area contributed by atoms with Crippen LogP contribution in [0, 0.1) is 18.6 Å². The summed E-state index contributed by atoms with van der Waals surface area (Å²) in [6, 6.07) is 1.88. The van der Waals surface area contributed by atoms with Gasteiger partial charge in [0, 0.05) is 6.07 Å². The van der Waals surface area contributed by atoms with Gasteiger partial charge in [-0.1, -0.05) is 6.58 Å². The van der Waals surface area contributed by atoms with Crippen molar-refractivity contribution in [1.82, 2.24) is 0 Å². The Labute approximate surface area is 74.7 Å². The van der Waals surface area contributed by atoms with E-state index in [0.717, 1.165) is 6.08 Å². The fraction of sp³-hybridized carbons (Fsp3) is 0.100. The van der Waals surface area contributed by atoms with Gasteiger partial charge in [0.15, 0.2) is 5.78 Å². The van der Waals surface area contributed by atoms with Crippen molar-refractivity contribution in [1.29, 1.82) is 0 Å². The van der Waals surface area contributed by atoms with Crippen LogP contribution in [0.1, 0.15) is 15.9 Å². The number of halogens is 2. The lowest BCUT2D eigenvalue weighted by atomic mass is 10.1. The number of hydrogen-bond acceptors (Lipinski definition) is 1.